The fourth-order valence-corrected chi connectivity index (χ4v) is 10.3. The highest BCUT2D eigenvalue weighted by molar-refractivity contribution is 6.10. The number of benzene rings is 11. The molecule has 1 aliphatic carbocycles. The molecule has 300 valence electrons. The van der Waals surface area contributed by atoms with Crippen molar-refractivity contribution < 1.29 is 0 Å². The summed E-state index contributed by atoms with van der Waals surface area (Å²) in [6, 6.07) is 95.8. The van der Waals surface area contributed by atoms with Crippen molar-refractivity contribution in [1.82, 2.24) is 0 Å². The van der Waals surface area contributed by atoms with E-state index in [2.05, 4.69) is 266 Å². The number of anilines is 3. The van der Waals surface area contributed by atoms with E-state index in [1.165, 1.54) is 88.3 Å². The third-order valence-electron chi connectivity index (χ3n) is 13.3. The molecule has 0 bridgehead atoms. The highest BCUT2D eigenvalue weighted by atomic mass is 15.1. The van der Waals surface area contributed by atoms with E-state index in [-0.39, 0.29) is 0 Å². The van der Waals surface area contributed by atoms with Gasteiger partial charge in [-0.1, -0.05) is 212 Å². The van der Waals surface area contributed by atoms with Crippen molar-refractivity contribution in [1.29, 1.82) is 0 Å². The van der Waals surface area contributed by atoms with E-state index in [9.17, 15) is 0 Å². The van der Waals surface area contributed by atoms with Gasteiger partial charge in [-0.2, -0.15) is 0 Å². The highest BCUT2D eigenvalue weighted by Crippen LogP contribution is 2.57. The number of rotatable bonds is 8. The van der Waals surface area contributed by atoms with Crippen molar-refractivity contribution in [3.05, 3.63) is 283 Å². The summed E-state index contributed by atoms with van der Waals surface area (Å²) in [4.78, 5) is 2.42. The zero-order valence-electron chi connectivity index (χ0n) is 35.3. The maximum atomic E-state index is 2.45. The molecule has 1 heteroatoms. The van der Waals surface area contributed by atoms with E-state index in [4.69, 9.17) is 0 Å². The molecule has 0 radical (unpaired) electrons. The predicted octanol–water partition coefficient (Wildman–Crippen LogP) is 16.8. The molecule has 0 saturated heterocycles. The Hall–Kier alpha value is -8.26. The predicted molar refractivity (Wildman–Crippen MR) is 270 cm³/mol. The Balaban J connectivity index is 1.00. The largest absolute Gasteiger partial charge is 0.310 e. The van der Waals surface area contributed by atoms with Crippen LogP contribution in [0.1, 0.15) is 22.3 Å². The van der Waals surface area contributed by atoms with E-state index in [1.807, 2.05) is 0 Å². The van der Waals surface area contributed by atoms with E-state index in [0.717, 1.165) is 17.1 Å². The van der Waals surface area contributed by atoms with Crippen LogP contribution in [0.4, 0.5) is 17.1 Å². The van der Waals surface area contributed by atoms with Gasteiger partial charge < -0.3 is 4.90 Å². The number of hydrogen-bond acceptors (Lipinski definition) is 1. The summed E-state index contributed by atoms with van der Waals surface area (Å²) >= 11 is 0. The zero-order chi connectivity index (χ0) is 42.5. The Morgan fingerprint density at radius 1 is 0.250 bits per heavy atom. The standard InChI is InChI=1S/C63H43N/c1-5-15-44(16-6-1)46-31-35-54(36-32-46)64(56-39-40-58-57-23-13-14-24-61(57)63(62(58)43-56,52-19-9-3-10-20-52)53-21-11-4-12-22-53)55-37-33-47(34-38-55)51-30-28-49-26-25-48-27-29-50(41-59(48)60(49)42-51)45-17-7-2-8-18-45/h1-43H. The van der Waals surface area contributed by atoms with Gasteiger partial charge in [0.25, 0.3) is 0 Å². The molecule has 0 aliphatic heterocycles. The molecule has 1 aliphatic rings. The van der Waals surface area contributed by atoms with Crippen molar-refractivity contribution in [3.63, 3.8) is 0 Å². The van der Waals surface area contributed by atoms with Crippen molar-refractivity contribution in [2.24, 2.45) is 0 Å². The van der Waals surface area contributed by atoms with Crippen LogP contribution < -0.4 is 4.90 Å². The van der Waals surface area contributed by atoms with Gasteiger partial charge in [-0.15, -0.1) is 0 Å². The van der Waals surface area contributed by atoms with Crippen LogP contribution in [0.5, 0.6) is 0 Å². The molecule has 0 N–H and O–H groups in total. The van der Waals surface area contributed by atoms with Crippen LogP contribution in [0.3, 0.4) is 0 Å². The number of hydrogen-bond donors (Lipinski definition) is 0. The van der Waals surface area contributed by atoms with Gasteiger partial charge in [-0.05, 0) is 137 Å². The lowest BCUT2D eigenvalue weighted by Gasteiger charge is -2.35. The molecule has 0 atom stereocenters. The summed E-state index contributed by atoms with van der Waals surface area (Å²) in [5.41, 5.74) is 17.7. The van der Waals surface area contributed by atoms with Gasteiger partial charge in [0.15, 0.2) is 0 Å². The van der Waals surface area contributed by atoms with Gasteiger partial charge in [0.05, 0.1) is 5.41 Å². The van der Waals surface area contributed by atoms with E-state index in [0.29, 0.717) is 0 Å². The molecule has 11 aromatic carbocycles. The Morgan fingerprint density at radius 2 is 0.625 bits per heavy atom. The van der Waals surface area contributed by atoms with Crippen molar-refractivity contribution in [2.75, 3.05) is 4.90 Å². The topological polar surface area (TPSA) is 3.24 Å². The second-order valence-electron chi connectivity index (χ2n) is 16.9. The summed E-state index contributed by atoms with van der Waals surface area (Å²) in [6.45, 7) is 0. The molecule has 64 heavy (non-hydrogen) atoms. The lowest BCUT2D eigenvalue weighted by Crippen LogP contribution is -2.28. The molecular formula is C63H43N. The van der Waals surface area contributed by atoms with Crippen LogP contribution in [0, 0.1) is 0 Å². The Morgan fingerprint density at radius 3 is 1.16 bits per heavy atom. The van der Waals surface area contributed by atoms with Gasteiger partial charge in [0.2, 0.25) is 0 Å². The molecule has 0 unspecified atom stereocenters. The Bertz CT molecular complexity index is 3410. The maximum absolute atomic E-state index is 2.45. The second kappa shape index (κ2) is 15.6. The highest BCUT2D eigenvalue weighted by Gasteiger charge is 2.46. The minimum absolute atomic E-state index is 0.501. The van der Waals surface area contributed by atoms with E-state index < -0.39 is 5.41 Å². The van der Waals surface area contributed by atoms with Crippen molar-refractivity contribution in [2.45, 2.75) is 5.41 Å². The van der Waals surface area contributed by atoms with Crippen LogP contribution in [0.25, 0.3) is 66.1 Å². The maximum Gasteiger partial charge on any atom is 0.0714 e. The first-order valence-corrected chi connectivity index (χ1v) is 22.2. The van der Waals surface area contributed by atoms with Gasteiger partial charge >= 0.3 is 0 Å². The Labute approximate surface area is 374 Å². The fraction of sp³-hybridized carbons (Fsp3) is 0.0159. The molecule has 0 amide bonds. The average molecular weight is 814 g/mol. The first-order valence-electron chi connectivity index (χ1n) is 22.2. The first-order chi connectivity index (χ1) is 31.7. The summed E-state index contributed by atoms with van der Waals surface area (Å²) in [5.74, 6) is 0. The molecule has 0 spiro atoms. The van der Waals surface area contributed by atoms with Crippen LogP contribution in [0.15, 0.2) is 261 Å². The average Bonchev–Trinajstić information content (AvgIpc) is 3.68. The lowest BCUT2D eigenvalue weighted by atomic mass is 9.67. The number of fused-ring (bicyclic) bond motifs is 6. The van der Waals surface area contributed by atoms with Gasteiger partial charge in [0.1, 0.15) is 0 Å². The molecule has 1 nitrogen and oxygen atoms in total. The van der Waals surface area contributed by atoms with Crippen LogP contribution in [-0.4, -0.2) is 0 Å². The van der Waals surface area contributed by atoms with Crippen molar-refractivity contribution >= 4 is 38.6 Å². The van der Waals surface area contributed by atoms with E-state index >= 15 is 0 Å². The normalized spacial score (nSPS) is 12.5. The second-order valence-corrected chi connectivity index (χ2v) is 16.9. The van der Waals surface area contributed by atoms with Crippen LogP contribution in [-0.2, 0) is 5.41 Å². The first kappa shape index (κ1) is 37.5. The zero-order valence-corrected chi connectivity index (χ0v) is 35.3. The summed E-state index contributed by atoms with van der Waals surface area (Å²) in [6.07, 6.45) is 0. The van der Waals surface area contributed by atoms with Crippen molar-refractivity contribution in [3.8, 4) is 44.5 Å². The SMILES string of the molecule is c1ccc(-c2ccc(N(c3ccc(-c4ccc5ccc6ccc(-c7ccccc7)cc6c5c4)cc3)c3ccc4c(c3)C(c3ccccc3)(c3ccccc3)c3ccccc3-4)cc2)cc1. The van der Waals surface area contributed by atoms with Gasteiger partial charge in [0, 0.05) is 17.1 Å². The summed E-state index contributed by atoms with van der Waals surface area (Å²) in [7, 11) is 0. The van der Waals surface area contributed by atoms with Crippen LogP contribution >= 0.6 is 0 Å². The number of nitrogens with zero attached hydrogens (tertiary/aromatic N) is 1. The summed E-state index contributed by atoms with van der Waals surface area (Å²) in [5, 5.41) is 5.01. The molecule has 12 rings (SSSR count). The third-order valence-corrected chi connectivity index (χ3v) is 13.3. The molecule has 0 aromatic heterocycles. The monoisotopic (exact) mass is 813 g/mol. The molecule has 0 fully saturated rings. The Kier molecular flexibility index (Phi) is 9.13. The quantitative estimate of drug-likeness (QED) is 0.138. The fourth-order valence-electron chi connectivity index (χ4n) is 10.3. The summed E-state index contributed by atoms with van der Waals surface area (Å²) < 4.78 is 0. The van der Waals surface area contributed by atoms with E-state index in [1.54, 1.807) is 0 Å². The molecule has 0 saturated carbocycles. The van der Waals surface area contributed by atoms with Gasteiger partial charge in [-0.3, -0.25) is 0 Å². The minimum atomic E-state index is -0.501. The molecule has 11 aromatic rings. The smallest absolute Gasteiger partial charge is 0.0714 e. The minimum Gasteiger partial charge on any atom is -0.310 e. The van der Waals surface area contributed by atoms with Crippen LogP contribution in [0.2, 0.25) is 0 Å². The lowest BCUT2D eigenvalue weighted by molar-refractivity contribution is 0.768. The van der Waals surface area contributed by atoms with Gasteiger partial charge in [-0.25, -0.2) is 0 Å². The third kappa shape index (κ3) is 6.24. The molecule has 0 heterocycles. The molecular weight excluding hydrogens is 771 g/mol.